The van der Waals surface area contributed by atoms with Gasteiger partial charge in [-0.15, -0.1) is 0 Å². The second kappa shape index (κ2) is 8.65. The zero-order chi connectivity index (χ0) is 22.1. The molecule has 3 rings (SSSR count). The van der Waals surface area contributed by atoms with Gasteiger partial charge in [-0.05, 0) is 29.8 Å². The molecule has 2 aliphatic rings. The van der Waals surface area contributed by atoms with Gasteiger partial charge in [0.2, 0.25) is 0 Å². The molecule has 9 heteroatoms. The quantitative estimate of drug-likeness (QED) is 0.493. The molecule has 164 valence electrons. The summed E-state index contributed by atoms with van der Waals surface area (Å²) < 4.78 is 21.8. The van der Waals surface area contributed by atoms with Gasteiger partial charge in [-0.25, -0.2) is 0 Å². The van der Waals surface area contributed by atoms with Crippen LogP contribution in [0, 0.1) is 11.3 Å². The number of hydrogen-bond acceptors (Lipinski definition) is 9. The number of phenols is 1. The number of aliphatic hydroxyl groups is 3. The Morgan fingerprint density at radius 3 is 2.23 bits per heavy atom. The van der Waals surface area contributed by atoms with Crippen molar-refractivity contribution in [3.8, 4) is 11.5 Å². The van der Waals surface area contributed by atoms with E-state index in [4.69, 9.17) is 18.9 Å². The summed E-state index contributed by atoms with van der Waals surface area (Å²) in [6.45, 7) is -0.978. The third kappa shape index (κ3) is 3.43. The van der Waals surface area contributed by atoms with E-state index in [2.05, 4.69) is 0 Å². The van der Waals surface area contributed by atoms with E-state index in [0.717, 1.165) is 0 Å². The Kier molecular flexibility index (Phi) is 6.37. The van der Waals surface area contributed by atoms with Crippen LogP contribution < -0.4 is 4.74 Å². The number of aliphatic hydroxyl groups excluding tert-OH is 3. The summed E-state index contributed by atoms with van der Waals surface area (Å²) in [5, 5.41) is 40.4. The van der Waals surface area contributed by atoms with Crippen LogP contribution in [0.5, 0.6) is 11.5 Å². The van der Waals surface area contributed by atoms with Gasteiger partial charge in [0.1, 0.15) is 6.10 Å². The average molecular weight is 422 g/mol. The highest BCUT2D eigenvalue weighted by molar-refractivity contribution is 6.06. The molecule has 1 heterocycles. The molecular formula is C21H26O9. The van der Waals surface area contributed by atoms with Crippen LogP contribution >= 0.6 is 0 Å². The van der Waals surface area contributed by atoms with Crippen LogP contribution in [0.1, 0.15) is 11.7 Å². The minimum atomic E-state index is -1.32. The fourth-order valence-corrected chi connectivity index (χ4v) is 4.23. The van der Waals surface area contributed by atoms with Crippen molar-refractivity contribution in [1.82, 2.24) is 0 Å². The van der Waals surface area contributed by atoms with Crippen molar-refractivity contribution in [3.63, 3.8) is 0 Å². The van der Waals surface area contributed by atoms with Crippen LogP contribution in [0.3, 0.4) is 0 Å². The molecule has 0 bridgehead atoms. The summed E-state index contributed by atoms with van der Waals surface area (Å²) in [6.07, 6.45) is -0.0970. The molecule has 1 aromatic rings. The molecule has 1 aliphatic carbocycles. The van der Waals surface area contributed by atoms with Crippen LogP contribution in [0.25, 0.3) is 0 Å². The smallest absolute Gasteiger partial charge is 0.261 e. The van der Waals surface area contributed by atoms with Crippen LogP contribution in [0.4, 0.5) is 0 Å². The SMILES string of the molecule is COC1=CC2(C=C(OC)C1=O)[C@H](CO)[C@@H](c1ccc(O)c(OC)c1)O[C@@H]2[C@@H](O)CO. The van der Waals surface area contributed by atoms with E-state index in [1.54, 1.807) is 12.1 Å². The molecule has 9 nitrogen and oxygen atoms in total. The van der Waals surface area contributed by atoms with E-state index < -0.39 is 42.0 Å². The predicted molar refractivity (Wildman–Crippen MR) is 104 cm³/mol. The van der Waals surface area contributed by atoms with E-state index in [9.17, 15) is 25.2 Å². The molecule has 0 radical (unpaired) electrons. The maximum Gasteiger partial charge on any atom is 0.261 e. The van der Waals surface area contributed by atoms with Crippen molar-refractivity contribution in [2.75, 3.05) is 34.5 Å². The fraction of sp³-hybridized carbons (Fsp3) is 0.476. The third-order valence-electron chi connectivity index (χ3n) is 5.71. The highest BCUT2D eigenvalue weighted by Gasteiger charge is 2.58. The maximum absolute atomic E-state index is 12.5. The van der Waals surface area contributed by atoms with Crippen molar-refractivity contribution in [2.45, 2.75) is 18.3 Å². The summed E-state index contributed by atoms with van der Waals surface area (Å²) >= 11 is 0. The highest BCUT2D eigenvalue weighted by Crippen LogP contribution is 2.56. The molecule has 0 unspecified atom stereocenters. The molecule has 4 N–H and O–H groups in total. The number of ether oxygens (including phenoxy) is 4. The summed E-state index contributed by atoms with van der Waals surface area (Å²) in [7, 11) is 4.07. The van der Waals surface area contributed by atoms with E-state index in [-0.39, 0.29) is 29.6 Å². The number of Topliss-reactive ketones (excluding diaryl/α,β-unsaturated/α-hetero) is 1. The Labute approximate surface area is 173 Å². The summed E-state index contributed by atoms with van der Waals surface area (Å²) in [6, 6.07) is 4.62. The Balaban J connectivity index is 2.18. The third-order valence-corrected chi connectivity index (χ3v) is 5.71. The number of phenolic OH excluding ortho intramolecular Hbond substituents is 1. The molecule has 1 saturated heterocycles. The second-order valence-corrected chi connectivity index (χ2v) is 7.20. The van der Waals surface area contributed by atoms with Crippen molar-refractivity contribution in [1.29, 1.82) is 0 Å². The number of methoxy groups -OCH3 is 3. The first-order chi connectivity index (χ1) is 14.4. The molecule has 1 fully saturated rings. The molecule has 1 aromatic carbocycles. The molecule has 30 heavy (non-hydrogen) atoms. The first-order valence-corrected chi connectivity index (χ1v) is 9.37. The zero-order valence-corrected chi connectivity index (χ0v) is 16.9. The molecule has 1 aliphatic heterocycles. The van der Waals surface area contributed by atoms with E-state index in [0.29, 0.717) is 5.56 Å². The Bertz CT molecular complexity index is 836. The van der Waals surface area contributed by atoms with Gasteiger partial charge in [-0.3, -0.25) is 4.79 Å². The number of hydrogen-bond donors (Lipinski definition) is 4. The molecule has 1 spiro atoms. The first kappa shape index (κ1) is 22.1. The lowest BCUT2D eigenvalue weighted by atomic mass is 9.67. The monoisotopic (exact) mass is 422 g/mol. The number of ketones is 1. The van der Waals surface area contributed by atoms with Gasteiger partial charge in [0.25, 0.3) is 5.78 Å². The van der Waals surface area contributed by atoms with Crippen LogP contribution in [-0.2, 0) is 19.0 Å². The van der Waals surface area contributed by atoms with Gasteiger partial charge in [0, 0.05) is 12.5 Å². The molecule has 0 saturated carbocycles. The fourth-order valence-electron chi connectivity index (χ4n) is 4.23. The average Bonchev–Trinajstić information content (AvgIpc) is 3.08. The molecule has 0 aromatic heterocycles. The van der Waals surface area contributed by atoms with Crippen LogP contribution in [0.15, 0.2) is 41.9 Å². The molecule has 0 amide bonds. The van der Waals surface area contributed by atoms with Gasteiger partial charge < -0.3 is 39.4 Å². The Morgan fingerprint density at radius 2 is 1.73 bits per heavy atom. The number of rotatable bonds is 7. The van der Waals surface area contributed by atoms with Crippen LogP contribution in [-0.4, -0.2) is 73.0 Å². The van der Waals surface area contributed by atoms with E-state index in [1.807, 2.05) is 0 Å². The van der Waals surface area contributed by atoms with Crippen LogP contribution in [0.2, 0.25) is 0 Å². The Hall–Kier alpha value is -2.59. The number of benzene rings is 1. The summed E-state index contributed by atoms with van der Waals surface area (Å²) in [5.74, 6) is -1.04. The number of aromatic hydroxyl groups is 1. The number of carbonyl (C=O) groups excluding carboxylic acids is 1. The largest absolute Gasteiger partial charge is 0.504 e. The van der Waals surface area contributed by atoms with Gasteiger partial charge in [-0.1, -0.05) is 6.07 Å². The normalized spacial score (nSPS) is 26.2. The molecular weight excluding hydrogens is 396 g/mol. The highest BCUT2D eigenvalue weighted by atomic mass is 16.5. The Morgan fingerprint density at radius 1 is 1.10 bits per heavy atom. The zero-order valence-electron chi connectivity index (χ0n) is 16.9. The minimum Gasteiger partial charge on any atom is -0.504 e. The predicted octanol–water partition coefficient (Wildman–Crippen LogP) is 0.432. The van der Waals surface area contributed by atoms with Gasteiger partial charge >= 0.3 is 0 Å². The lowest BCUT2D eigenvalue weighted by molar-refractivity contribution is -0.119. The van der Waals surface area contributed by atoms with Gasteiger partial charge in [-0.2, -0.15) is 0 Å². The lowest BCUT2D eigenvalue weighted by Gasteiger charge is -2.37. The van der Waals surface area contributed by atoms with Crippen molar-refractivity contribution in [2.24, 2.45) is 11.3 Å². The topological polar surface area (TPSA) is 135 Å². The maximum atomic E-state index is 12.5. The van der Waals surface area contributed by atoms with Crippen molar-refractivity contribution >= 4 is 5.78 Å². The van der Waals surface area contributed by atoms with Gasteiger partial charge in [0.15, 0.2) is 23.0 Å². The van der Waals surface area contributed by atoms with Crippen molar-refractivity contribution < 1.29 is 44.2 Å². The van der Waals surface area contributed by atoms with Gasteiger partial charge in [0.05, 0.1) is 45.6 Å². The number of carbonyl (C=O) groups is 1. The van der Waals surface area contributed by atoms with E-state index in [1.165, 1.54) is 39.5 Å². The molecule has 4 atom stereocenters. The summed E-state index contributed by atoms with van der Waals surface area (Å²) in [4.78, 5) is 12.5. The standard InChI is InChI=1S/C21H26O9/c1-27-15-6-11(4-5-13(15)24)19-12(9-22)21(20(30-19)14(25)10-23)7-16(28-2)18(26)17(8-21)29-3/h4-8,12,14,19-20,22-25H,9-10H2,1-3H3/t12-,14+,19-,20-/m1/s1. The lowest BCUT2D eigenvalue weighted by Crippen LogP contribution is -2.45. The summed E-state index contributed by atoms with van der Waals surface area (Å²) in [5.41, 5.74) is -0.635. The van der Waals surface area contributed by atoms with E-state index >= 15 is 0 Å². The first-order valence-electron chi connectivity index (χ1n) is 9.37. The minimum absolute atomic E-state index is 0.0181. The second-order valence-electron chi connectivity index (χ2n) is 7.20. The van der Waals surface area contributed by atoms with Crippen molar-refractivity contribution in [3.05, 3.63) is 47.4 Å².